The third-order valence-corrected chi connectivity index (χ3v) is 6.57. The van der Waals surface area contributed by atoms with Gasteiger partial charge < -0.3 is 19.4 Å². The zero-order chi connectivity index (χ0) is 24.9. The number of ether oxygens (including phenoxy) is 2. The second-order valence-corrected chi connectivity index (χ2v) is 8.99. The first-order chi connectivity index (χ1) is 17.2. The number of unbranched alkanes of at least 4 members (excludes halogenated alkanes) is 3. The minimum Gasteiger partial charge on any atom is -0.493 e. The molecular formula is C29H41N3O3. The quantitative estimate of drug-likeness (QED) is 0.250. The minimum atomic E-state index is 0.148. The van der Waals surface area contributed by atoms with Crippen LogP contribution in [0.15, 0.2) is 48.5 Å². The van der Waals surface area contributed by atoms with Crippen molar-refractivity contribution in [2.45, 2.75) is 71.8 Å². The maximum Gasteiger partial charge on any atom is 0.223 e. The Balaban J connectivity index is 1.45. The predicted molar refractivity (Wildman–Crippen MR) is 142 cm³/mol. The first-order valence-electron chi connectivity index (χ1n) is 13.2. The highest BCUT2D eigenvalue weighted by Gasteiger charge is 2.13. The Labute approximate surface area is 210 Å². The van der Waals surface area contributed by atoms with Gasteiger partial charge in [0, 0.05) is 25.4 Å². The molecule has 0 aliphatic carbocycles. The molecule has 1 amide bonds. The van der Waals surface area contributed by atoms with Gasteiger partial charge in [0.15, 0.2) is 11.5 Å². The number of fused-ring (bicyclic) bond motifs is 1. The lowest BCUT2D eigenvalue weighted by Gasteiger charge is -2.13. The summed E-state index contributed by atoms with van der Waals surface area (Å²) >= 11 is 0. The summed E-state index contributed by atoms with van der Waals surface area (Å²) in [6, 6.07) is 16.1. The fourth-order valence-corrected chi connectivity index (χ4v) is 4.46. The van der Waals surface area contributed by atoms with E-state index in [0.717, 1.165) is 87.3 Å². The van der Waals surface area contributed by atoms with Gasteiger partial charge in [-0.25, -0.2) is 4.98 Å². The van der Waals surface area contributed by atoms with Crippen LogP contribution in [0.2, 0.25) is 0 Å². The molecule has 6 nitrogen and oxygen atoms in total. The van der Waals surface area contributed by atoms with Gasteiger partial charge in [0.2, 0.25) is 5.91 Å². The van der Waals surface area contributed by atoms with Gasteiger partial charge in [-0.3, -0.25) is 4.79 Å². The van der Waals surface area contributed by atoms with E-state index in [1.807, 2.05) is 30.3 Å². The van der Waals surface area contributed by atoms with Crippen molar-refractivity contribution in [2.24, 2.45) is 5.92 Å². The molecule has 0 bridgehead atoms. The van der Waals surface area contributed by atoms with E-state index >= 15 is 0 Å². The molecule has 0 spiro atoms. The van der Waals surface area contributed by atoms with Crippen LogP contribution in [-0.2, 0) is 17.8 Å². The summed E-state index contributed by atoms with van der Waals surface area (Å²) in [5.41, 5.74) is 2.26. The molecular weight excluding hydrogens is 438 g/mol. The van der Waals surface area contributed by atoms with E-state index in [-0.39, 0.29) is 11.8 Å². The number of rotatable bonds is 16. The molecule has 3 rings (SSSR count). The number of amides is 1. The summed E-state index contributed by atoms with van der Waals surface area (Å²) in [7, 11) is 1.66. The normalized spacial score (nSPS) is 11.2. The van der Waals surface area contributed by atoms with Crippen molar-refractivity contribution in [3.05, 3.63) is 54.4 Å². The highest BCUT2D eigenvalue weighted by Crippen LogP contribution is 2.26. The van der Waals surface area contributed by atoms with Crippen molar-refractivity contribution in [1.82, 2.24) is 14.9 Å². The number of benzene rings is 2. The molecule has 6 heteroatoms. The maximum atomic E-state index is 12.1. The van der Waals surface area contributed by atoms with Crippen LogP contribution in [0, 0.1) is 5.92 Å². The van der Waals surface area contributed by atoms with E-state index < -0.39 is 0 Å². The van der Waals surface area contributed by atoms with E-state index in [1.54, 1.807) is 7.11 Å². The SMILES string of the molecule is CCC(CC)C(=O)NCCCCCc1nc2ccccc2n1CCCCOc1ccccc1OC. The summed E-state index contributed by atoms with van der Waals surface area (Å²) in [6.07, 6.45) is 7.90. The maximum absolute atomic E-state index is 12.1. The van der Waals surface area contributed by atoms with Crippen molar-refractivity contribution < 1.29 is 14.3 Å². The first-order valence-corrected chi connectivity index (χ1v) is 13.2. The molecule has 2 aromatic carbocycles. The van der Waals surface area contributed by atoms with Crippen LogP contribution in [0.5, 0.6) is 11.5 Å². The lowest BCUT2D eigenvalue weighted by Crippen LogP contribution is -2.30. The van der Waals surface area contributed by atoms with E-state index in [2.05, 4.69) is 41.9 Å². The van der Waals surface area contributed by atoms with Crippen LogP contribution >= 0.6 is 0 Å². The standard InChI is InChI=1S/C29H41N3O3/c1-4-23(5-2)29(33)30-20-12-6-7-19-28-31-24-15-8-9-16-25(24)32(28)21-13-14-22-35-27-18-11-10-17-26(27)34-3/h8-11,15-18,23H,4-7,12-14,19-22H2,1-3H3,(H,30,33). The van der Waals surface area contributed by atoms with E-state index in [0.29, 0.717) is 6.61 Å². The molecule has 0 radical (unpaired) electrons. The number of carbonyl (C=O) groups is 1. The van der Waals surface area contributed by atoms with E-state index in [1.165, 1.54) is 5.52 Å². The molecule has 0 atom stereocenters. The summed E-state index contributed by atoms with van der Waals surface area (Å²) in [6.45, 7) is 6.50. The van der Waals surface area contributed by atoms with Gasteiger partial charge in [-0.1, -0.05) is 44.5 Å². The highest BCUT2D eigenvalue weighted by molar-refractivity contribution is 5.78. The molecule has 0 unspecified atom stereocenters. The smallest absolute Gasteiger partial charge is 0.223 e. The van der Waals surface area contributed by atoms with Crippen molar-refractivity contribution in [3.63, 3.8) is 0 Å². The van der Waals surface area contributed by atoms with E-state index in [9.17, 15) is 4.79 Å². The molecule has 1 aromatic heterocycles. The number of para-hydroxylation sites is 4. The fourth-order valence-electron chi connectivity index (χ4n) is 4.46. The first kappa shape index (κ1) is 26.6. The number of nitrogens with zero attached hydrogens (tertiary/aromatic N) is 2. The molecule has 0 fully saturated rings. The van der Waals surface area contributed by atoms with Crippen molar-refractivity contribution in [2.75, 3.05) is 20.3 Å². The van der Waals surface area contributed by atoms with Crippen LogP contribution in [0.25, 0.3) is 11.0 Å². The summed E-state index contributed by atoms with van der Waals surface area (Å²) in [4.78, 5) is 17.0. The number of nitrogens with one attached hydrogen (secondary N) is 1. The lowest BCUT2D eigenvalue weighted by atomic mass is 10.0. The van der Waals surface area contributed by atoms with Crippen molar-refractivity contribution in [3.8, 4) is 11.5 Å². The Kier molecular flexibility index (Phi) is 10.9. The summed E-state index contributed by atoms with van der Waals surface area (Å²) in [5, 5.41) is 3.10. The Bertz CT molecular complexity index is 1040. The number of hydrogen-bond acceptors (Lipinski definition) is 4. The van der Waals surface area contributed by atoms with Gasteiger partial charge in [-0.05, 0) is 62.8 Å². The minimum absolute atomic E-state index is 0.148. The number of methoxy groups -OCH3 is 1. The number of aryl methyl sites for hydroxylation is 2. The van der Waals surface area contributed by atoms with Crippen LogP contribution in [-0.4, -0.2) is 35.7 Å². The topological polar surface area (TPSA) is 65.4 Å². The number of aromatic nitrogens is 2. The summed E-state index contributed by atoms with van der Waals surface area (Å²) in [5.74, 6) is 3.06. The molecule has 0 aliphatic heterocycles. The molecule has 1 heterocycles. The number of hydrogen-bond donors (Lipinski definition) is 1. The summed E-state index contributed by atoms with van der Waals surface area (Å²) < 4.78 is 13.7. The molecule has 35 heavy (non-hydrogen) atoms. The Morgan fingerprint density at radius 3 is 2.46 bits per heavy atom. The highest BCUT2D eigenvalue weighted by atomic mass is 16.5. The fraction of sp³-hybridized carbons (Fsp3) is 0.517. The van der Waals surface area contributed by atoms with Crippen LogP contribution < -0.4 is 14.8 Å². The van der Waals surface area contributed by atoms with Crippen LogP contribution in [0.3, 0.4) is 0 Å². The van der Waals surface area contributed by atoms with Gasteiger partial charge in [-0.15, -0.1) is 0 Å². The van der Waals surface area contributed by atoms with Crippen LogP contribution in [0.1, 0.15) is 64.6 Å². The predicted octanol–water partition coefficient (Wildman–Crippen LogP) is 6.17. The average molecular weight is 480 g/mol. The largest absolute Gasteiger partial charge is 0.493 e. The molecule has 1 N–H and O–H groups in total. The average Bonchev–Trinajstić information content (AvgIpc) is 3.24. The van der Waals surface area contributed by atoms with Crippen LogP contribution in [0.4, 0.5) is 0 Å². The second kappa shape index (κ2) is 14.4. The zero-order valence-corrected chi connectivity index (χ0v) is 21.6. The number of carbonyl (C=O) groups excluding carboxylic acids is 1. The van der Waals surface area contributed by atoms with Gasteiger partial charge >= 0.3 is 0 Å². The van der Waals surface area contributed by atoms with E-state index in [4.69, 9.17) is 14.5 Å². The molecule has 0 saturated heterocycles. The molecule has 0 aliphatic rings. The number of imidazole rings is 1. The Hall–Kier alpha value is -3.02. The third kappa shape index (κ3) is 7.74. The van der Waals surface area contributed by atoms with Gasteiger partial charge in [0.1, 0.15) is 5.82 Å². The van der Waals surface area contributed by atoms with Crippen molar-refractivity contribution in [1.29, 1.82) is 0 Å². The second-order valence-electron chi connectivity index (χ2n) is 8.99. The molecule has 0 saturated carbocycles. The molecule has 3 aromatic rings. The molecule has 190 valence electrons. The Morgan fingerprint density at radius 1 is 0.943 bits per heavy atom. The van der Waals surface area contributed by atoms with Gasteiger partial charge in [0.25, 0.3) is 0 Å². The van der Waals surface area contributed by atoms with Crippen molar-refractivity contribution >= 4 is 16.9 Å². The van der Waals surface area contributed by atoms with Gasteiger partial charge in [-0.2, -0.15) is 0 Å². The monoisotopic (exact) mass is 479 g/mol. The van der Waals surface area contributed by atoms with Gasteiger partial charge in [0.05, 0.1) is 24.8 Å². The third-order valence-electron chi connectivity index (χ3n) is 6.57. The zero-order valence-electron chi connectivity index (χ0n) is 21.6. The lowest BCUT2D eigenvalue weighted by molar-refractivity contribution is -0.125. The Morgan fingerprint density at radius 2 is 1.69 bits per heavy atom.